The first-order valence-electron chi connectivity index (χ1n) is 7.81. The van der Waals surface area contributed by atoms with Crippen LogP contribution in [0.5, 0.6) is 0 Å². The fourth-order valence-electron chi connectivity index (χ4n) is 2.51. The Labute approximate surface area is 128 Å². The summed E-state index contributed by atoms with van der Waals surface area (Å²) in [5.74, 6) is 0. The molecule has 1 unspecified atom stereocenters. The van der Waals surface area contributed by atoms with E-state index in [9.17, 15) is 0 Å². The van der Waals surface area contributed by atoms with Gasteiger partial charge in [-0.3, -0.25) is 0 Å². The number of benzene rings is 1. The second-order valence-corrected chi connectivity index (χ2v) is 5.92. The minimum absolute atomic E-state index is 0.330. The third-order valence-electron chi connectivity index (χ3n) is 4.30. The third-order valence-corrected chi connectivity index (χ3v) is 4.30. The molecule has 0 aliphatic rings. The molecule has 0 aliphatic carbocycles. The lowest BCUT2D eigenvalue weighted by Crippen LogP contribution is -2.26. The number of hydrogen-bond acceptors (Lipinski definition) is 2. The molecule has 2 rings (SSSR count). The Morgan fingerprint density at radius 1 is 1.14 bits per heavy atom. The van der Waals surface area contributed by atoms with Crippen molar-refractivity contribution in [2.24, 2.45) is 0 Å². The van der Waals surface area contributed by atoms with Gasteiger partial charge in [-0.15, -0.1) is 0 Å². The molecular formula is C18H27N3. The maximum absolute atomic E-state index is 4.41. The van der Waals surface area contributed by atoms with Crippen molar-refractivity contribution in [1.82, 2.24) is 14.9 Å². The summed E-state index contributed by atoms with van der Waals surface area (Å²) in [4.78, 5) is 4.41. The van der Waals surface area contributed by atoms with E-state index in [0.717, 1.165) is 25.2 Å². The lowest BCUT2D eigenvalue weighted by molar-refractivity contribution is 0.458. The molecule has 0 saturated carbocycles. The predicted octanol–water partition coefficient (Wildman–Crippen LogP) is 3.86. The molecular weight excluding hydrogens is 258 g/mol. The van der Waals surface area contributed by atoms with Gasteiger partial charge in [-0.25, -0.2) is 4.98 Å². The van der Waals surface area contributed by atoms with Crippen LogP contribution in [0.25, 0.3) is 0 Å². The number of imidazole rings is 1. The highest BCUT2D eigenvalue weighted by Gasteiger charge is 2.14. The quantitative estimate of drug-likeness (QED) is 0.873. The SMILES string of the molecule is CCCNC(Cn1cnc(C)c1C)c1ccc(C)c(C)c1. The van der Waals surface area contributed by atoms with Crippen molar-refractivity contribution in [3.8, 4) is 0 Å². The molecule has 3 nitrogen and oxygen atoms in total. The number of hydrogen-bond donors (Lipinski definition) is 1. The standard InChI is InChI=1S/C18H27N3/c1-6-9-19-18(11-21-12-20-15(4)16(21)5)17-8-7-13(2)14(3)10-17/h7-8,10,12,18-19H,6,9,11H2,1-5H3. The Morgan fingerprint density at radius 2 is 1.90 bits per heavy atom. The van der Waals surface area contributed by atoms with Crippen LogP contribution >= 0.6 is 0 Å². The van der Waals surface area contributed by atoms with Crippen LogP contribution in [0.4, 0.5) is 0 Å². The van der Waals surface area contributed by atoms with Crippen LogP contribution in [-0.4, -0.2) is 16.1 Å². The van der Waals surface area contributed by atoms with Crippen LogP contribution < -0.4 is 5.32 Å². The Bertz CT molecular complexity index is 599. The highest BCUT2D eigenvalue weighted by atomic mass is 15.1. The Hall–Kier alpha value is -1.61. The largest absolute Gasteiger partial charge is 0.333 e. The van der Waals surface area contributed by atoms with E-state index < -0.39 is 0 Å². The van der Waals surface area contributed by atoms with E-state index in [-0.39, 0.29) is 0 Å². The highest BCUT2D eigenvalue weighted by molar-refractivity contribution is 5.31. The van der Waals surface area contributed by atoms with E-state index >= 15 is 0 Å². The van der Waals surface area contributed by atoms with E-state index in [2.05, 4.69) is 67.7 Å². The van der Waals surface area contributed by atoms with Gasteiger partial charge >= 0.3 is 0 Å². The molecule has 1 atom stereocenters. The summed E-state index contributed by atoms with van der Waals surface area (Å²) < 4.78 is 2.25. The lowest BCUT2D eigenvalue weighted by Gasteiger charge is -2.21. The molecule has 0 fully saturated rings. The van der Waals surface area contributed by atoms with Crippen molar-refractivity contribution in [2.75, 3.05) is 6.54 Å². The van der Waals surface area contributed by atoms with Crippen LogP contribution in [0.15, 0.2) is 24.5 Å². The molecule has 1 aromatic heterocycles. The smallest absolute Gasteiger partial charge is 0.0952 e. The number of rotatable bonds is 6. The summed E-state index contributed by atoms with van der Waals surface area (Å²) in [6.45, 7) is 12.7. The predicted molar refractivity (Wildman–Crippen MR) is 88.7 cm³/mol. The Kier molecular flexibility index (Phi) is 5.18. The Balaban J connectivity index is 2.25. The van der Waals surface area contributed by atoms with Gasteiger partial charge in [0.15, 0.2) is 0 Å². The van der Waals surface area contributed by atoms with E-state index in [1.54, 1.807) is 0 Å². The maximum Gasteiger partial charge on any atom is 0.0952 e. The molecule has 1 aromatic carbocycles. The summed E-state index contributed by atoms with van der Waals surface area (Å²) in [5, 5.41) is 3.67. The average molecular weight is 285 g/mol. The van der Waals surface area contributed by atoms with Gasteiger partial charge in [0.1, 0.15) is 0 Å². The molecule has 114 valence electrons. The van der Waals surface area contributed by atoms with Crippen molar-refractivity contribution in [3.05, 3.63) is 52.6 Å². The van der Waals surface area contributed by atoms with Crippen molar-refractivity contribution in [1.29, 1.82) is 0 Å². The number of nitrogens with one attached hydrogen (secondary N) is 1. The summed E-state index contributed by atoms with van der Waals surface area (Å²) in [6, 6.07) is 7.10. The van der Waals surface area contributed by atoms with Gasteiger partial charge in [-0.2, -0.15) is 0 Å². The van der Waals surface area contributed by atoms with Gasteiger partial charge in [-0.1, -0.05) is 25.1 Å². The zero-order valence-corrected chi connectivity index (χ0v) is 13.9. The normalized spacial score (nSPS) is 12.6. The lowest BCUT2D eigenvalue weighted by atomic mass is 10.0. The first-order valence-corrected chi connectivity index (χ1v) is 7.81. The maximum atomic E-state index is 4.41. The molecule has 21 heavy (non-hydrogen) atoms. The molecule has 3 heteroatoms. The van der Waals surface area contributed by atoms with Gasteiger partial charge in [0, 0.05) is 12.2 Å². The average Bonchev–Trinajstić information content (AvgIpc) is 2.78. The molecule has 0 aliphatic heterocycles. The highest BCUT2D eigenvalue weighted by Crippen LogP contribution is 2.20. The van der Waals surface area contributed by atoms with E-state index in [1.165, 1.54) is 22.4 Å². The first-order chi connectivity index (χ1) is 10.0. The zero-order valence-electron chi connectivity index (χ0n) is 13.9. The monoisotopic (exact) mass is 285 g/mol. The topological polar surface area (TPSA) is 29.9 Å². The summed E-state index contributed by atoms with van der Waals surface area (Å²) in [6.07, 6.45) is 3.09. The Morgan fingerprint density at radius 3 is 2.48 bits per heavy atom. The van der Waals surface area contributed by atoms with Crippen LogP contribution in [0.1, 0.15) is 47.5 Å². The van der Waals surface area contributed by atoms with Gasteiger partial charge in [0.05, 0.1) is 18.1 Å². The van der Waals surface area contributed by atoms with E-state index in [4.69, 9.17) is 0 Å². The van der Waals surface area contributed by atoms with Gasteiger partial charge in [0.2, 0.25) is 0 Å². The van der Waals surface area contributed by atoms with Crippen molar-refractivity contribution >= 4 is 0 Å². The first kappa shape index (κ1) is 15.8. The summed E-state index contributed by atoms with van der Waals surface area (Å²) in [7, 11) is 0. The van der Waals surface area contributed by atoms with E-state index in [0.29, 0.717) is 6.04 Å². The van der Waals surface area contributed by atoms with Crippen LogP contribution in [-0.2, 0) is 6.54 Å². The van der Waals surface area contributed by atoms with Gasteiger partial charge in [-0.05, 0) is 57.4 Å². The third kappa shape index (κ3) is 3.73. The minimum atomic E-state index is 0.330. The molecule has 1 N–H and O–H groups in total. The molecule has 1 heterocycles. The molecule has 0 saturated heterocycles. The second-order valence-electron chi connectivity index (χ2n) is 5.92. The molecule has 0 radical (unpaired) electrons. The minimum Gasteiger partial charge on any atom is -0.333 e. The number of aromatic nitrogens is 2. The molecule has 0 bridgehead atoms. The van der Waals surface area contributed by atoms with Gasteiger partial charge in [0.25, 0.3) is 0 Å². The van der Waals surface area contributed by atoms with Crippen LogP contribution in [0.3, 0.4) is 0 Å². The van der Waals surface area contributed by atoms with Crippen LogP contribution in [0, 0.1) is 27.7 Å². The fraction of sp³-hybridized carbons (Fsp3) is 0.500. The van der Waals surface area contributed by atoms with Gasteiger partial charge < -0.3 is 9.88 Å². The molecule has 2 aromatic rings. The fourth-order valence-corrected chi connectivity index (χ4v) is 2.51. The van der Waals surface area contributed by atoms with Crippen molar-refractivity contribution in [2.45, 2.75) is 53.6 Å². The molecule has 0 amide bonds. The number of nitrogens with zero attached hydrogens (tertiary/aromatic N) is 2. The van der Waals surface area contributed by atoms with Crippen molar-refractivity contribution < 1.29 is 0 Å². The van der Waals surface area contributed by atoms with Crippen LogP contribution in [0.2, 0.25) is 0 Å². The number of aryl methyl sites for hydroxylation is 3. The summed E-state index contributed by atoms with van der Waals surface area (Å²) >= 11 is 0. The summed E-state index contributed by atoms with van der Waals surface area (Å²) in [5.41, 5.74) is 6.43. The molecule has 0 spiro atoms. The second kappa shape index (κ2) is 6.90. The van der Waals surface area contributed by atoms with Crippen molar-refractivity contribution in [3.63, 3.8) is 0 Å². The van der Waals surface area contributed by atoms with E-state index in [1.807, 2.05) is 6.33 Å². The zero-order chi connectivity index (χ0) is 15.4.